The van der Waals surface area contributed by atoms with Crippen LogP contribution in [0.15, 0.2) is 42.5 Å². The smallest absolute Gasteiger partial charge is 0.242 e. The maximum Gasteiger partial charge on any atom is 0.242 e. The van der Waals surface area contributed by atoms with Crippen LogP contribution in [0.2, 0.25) is 0 Å². The lowest BCUT2D eigenvalue weighted by Gasteiger charge is -2.18. The lowest BCUT2D eigenvalue weighted by Crippen LogP contribution is -2.39. The fourth-order valence-corrected chi connectivity index (χ4v) is 4.65. The molecule has 0 saturated carbocycles. The van der Waals surface area contributed by atoms with Gasteiger partial charge in [-0.05, 0) is 55.5 Å². The van der Waals surface area contributed by atoms with Crippen LogP contribution in [-0.2, 0) is 25.8 Å². The van der Waals surface area contributed by atoms with E-state index in [0.29, 0.717) is 11.4 Å². The second kappa shape index (κ2) is 9.69. The summed E-state index contributed by atoms with van der Waals surface area (Å²) in [4.78, 5) is 25.0. The summed E-state index contributed by atoms with van der Waals surface area (Å²) >= 11 is 0. The number of para-hydroxylation sites is 1. The van der Waals surface area contributed by atoms with E-state index in [2.05, 4.69) is 10.6 Å². The number of hydrogen-bond acceptors (Lipinski definition) is 4. The first kappa shape index (κ1) is 22.6. The Morgan fingerprint density at radius 2 is 1.52 bits per heavy atom. The minimum Gasteiger partial charge on any atom is -0.325 e. The van der Waals surface area contributed by atoms with E-state index in [0.717, 1.165) is 23.1 Å². The Balaban J connectivity index is 2.09. The monoisotopic (exact) mass is 416 g/mol. The van der Waals surface area contributed by atoms with E-state index in [-0.39, 0.29) is 6.42 Å². The third kappa shape index (κ3) is 5.90. The molecule has 2 rings (SSSR count). The molecule has 2 aromatic carbocycles. The van der Waals surface area contributed by atoms with E-state index in [4.69, 9.17) is 0 Å². The number of aryl methyl sites for hydroxylation is 3. The van der Waals surface area contributed by atoms with Gasteiger partial charge in [-0.1, -0.05) is 44.2 Å². The molecule has 0 saturated heterocycles. The van der Waals surface area contributed by atoms with E-state index in [9.17, 15) is 18.0 Å². The predicted octanol–water partition coefficient (Wildman–Crippen LogP) is 3.64. The van der Waals surface area contributed by atoms with Gasteiger partial charge in [-0.3, -0.25) is 9.59 Å². The molecule has 6 nitrogen and oxygen atoms in total. The third-order valence-electron chi connectivity index (χ3n) is 4.80. The van der Waals surface area contributed by atoms with Crippen LogP contribution < -0.4 is 10.6 Å². The average Bonchev–Trinajstić information content (AvgIpc) is 2.65. The molecule has 7 heteroatoms. The van der Waals surface area contributed by atoms with Gasteiger partial charge in [0.2, 0.25) is 11.8 Å². The molecule has 156 valence electrons. The van der Waals surface area contributed by atoms with Gasteiger partial charge in [-0.15, -0.1) is 0 Å². The number of rotatable bonds is 8. The van der Waals surface area contributed by atoms with Crippen molar-refractivity contribution in [3.05, 3.63) is 59.2 Å². The van der Waals surface area contributed by atoms with Crippen LogP contribution in [0.25, 0.3) is 0 Å². The molecule has 0 bridgehead atoms. The van der Waals surface area contributed by atoms with Crippen LogP contribution in [-0.4, -0.2) is 31.2 Å². The molecule has 0 aliphatic heterocycles. The SMILES string of the molecule is CCc1ccc(NC(=O)CS(=O)(=O)C(CC)C(=O)Nc2c(C)cccc2C)cc1. The van der Waals surface area contributed by atoms with Crippen molar-refractivity contribution < 1.29 is 18.0 Å². The second-order valence-corrected chi connectivity index (χ2v) is 9.24. The van der Waals surface area contributed by atoms with Crippen molar-refractivity contribution in [1.29, 1.82) is 0 Å². The number of benzene rings is 2. The van der Waals surface area contributed by atoms with Crippen molar-refractivity contribution in [3.63, 3.8) is 0 Å². The fourth-order valence-electron chi connectivity index (χ4n) is 3.12. The van der Waals surface area contributed by atoms with Crippen molar-refractivity contribution in [1.82, 2.24) is 0 Å². The molecule has 0 heterocycles. The van der Waals surface area contributed by atoms with Gasteiger partial charge in [0, 0.05) is 11.4 Å². The highest BCUT2D eigenvalue weighted by molar-refractivity contribution is 7.93. The Morgan fingerprint density at radius 1 is 0.931 bits per heavy atom. The third-order valence-corrected chi connectivity index (χ3v) is 6.88. The first-order valence-corrected chi connectivity index (χ1v) is 11.4. The lowest BCUT2D eigenvalue weighted by atomic mass is 10.1. The van der Waals surface area contributed by atoms with Crippen molar-refractivity contribution in [2.75, 3.05) is 16.4 Å². The summed E-state index contributed by atoms with van der Waals surface area (Å²) in [5, 5.41) is 4.01. The van der Waals surface area contributed by atoms with Crippen LogP contribution >= 0.6 is 0 Å². The Hall–Kier alpha value is -2.67. The Bertz CT molecular complexity index is 962. The maximum absolute atomic E-state index is 12.7. The van der Waals surface area contributed by atoms with E-state index in [1.165, 1.54) is 0 Å². The van der Waals surface area contributed by atoms with Crippen LogP contribution in [0.1, 0.15) is 37.0 Å². The molecule has 0 aliphatic carbocycles. The largest absolute Gasteiger partial charge is 0.325 e. The molecule has 0 spiro atoms. The molecule has 0 radical (unpaired) electrons. The highest BCUT2D eigenvalue weighted by Crippen LogP contribution is 2.21. The molecule has 1 atom stereocenters. The molecule has 2 N–H and O–H groups in total. The quantitative estimate of drug-likeness (QED) is 0.687. The topological polar surface area (TPSA) is 92.3 Å². The highest BCUT2D eigenvalue weighted by Gasteiger charge is 2.33. The minimum absolute atomic E-state index is 0.0809. The number of sulfone groups is 1. The summed E-state index contributed by atoms with van der Waals surface area (Å²) in [5.41, 5.74) is 3.93. The zero-order valence-corrected chi connectivity index (χ0v) is 18.1. The number of anilines is 2. The standard InChI is InChI=1S/C22H28N2O4S/c1-5-17-10-12-18(13-11-17)23-20(25)14-29(27,28)19(6-2)22(26)24-21-15(3)8-7-9-16(21)4/h7-13,19H,5-6,14H2,1-4H3,(H,23,25)(H,24,26). The second-order valence-electron chi connectivity index (χ2n) is 7.06. The van der Waals surface area contributed by atoms with Gasteiger partial charge in [-0.2, -0.15) is 0 Å². The van der Waals surface area contributed by atoms with Crippen molar-refractivity contribution in [3.8, 4) is 0 Å². The maximum atomic E-state index is 12.7. The predicted molar refractivity (Wildman–Crippen MR) is 117 cm³/mol. The van der Waals surface area contributed by atoms with Gasteiger partial charge < -0.3 is 10.6 Å². The molecule has 0 aliphatic rings. The first-order chi connectivity index (χ1) is 13.7. The van der Waals surface area contributed by atoms with Crippen molar-refractivity contribution >= 4 is 33.0 Å². The molecule has 0 aromatic heterocycles. The molecule has 0 fully saturated rings. The van der Waals surface area contributed by atoms with Gasteiger partial charge in [0.1, 0.15) is 11.0 Å². The van der Waals surface area contributed by atoms with Gasteiger partial charge in [0.15, 0.2) is 9.84 Å². The Morgan fingerprint density at radius 3 is 2.03 bits per heavy atom. The van der Waals surface area contributed by atoms with Crippen LogP contribution in [0.4, 0.5) is 11.4 Å². The summed E-state index contributed by atoms with van der Waals surface area (Å²) < 4.78 is 25.5. The number of amides is 2. The molecule has 2 aromatic rings. The van der Waals surface area contributed by atoms with Gasteiger partial charge >= 0.3 is 0 Å². The summed E-state index contributed by atoms with van der Waals surface area (Å²) in [6, 6.07) is 12.8. The van der Waals surface area contributed by atoms with E-state index < -0.39 is 32.7 Å². The van der Waals surface area contributed by atoms with E-state index in [1.54, 1.807) is 19.1 Å². The van der Waals surface area contributed by atoms with Crippen LogP contribution in [0.5, 0.6) is 0 Å². The summed E-state index contributed by atoms with van der Waals surface area (Å²) in [7, 11) is -3.97. The summed E-state index contributed by atoms with van der Waals surface area (Å²) in [5.74, 6) is -2.03. The highest BCUT2D eigenvalue weighted by atomic mass is 32.2. The number of carbonyl (C=O) groups excluding carboxylic acids is 2. The Kier molecular flexibility index (Phi) is 7.56. The van der Waals surface area contributed by atoms with E-state index in [1.807, 2.05) is 51.1 Å². The molecular formula is C22H28N2O4S. The minimum atomic E-state index is -3.97. The van der Waals surface area contributed by atoms with Crippen molar-refractivity contribution in [2.24, 2.45) is 0 Å². The number of hydrogen-bond donors (Lipinski definition) is 2. The molecule has 1 unspecified atom stereocenters. The zero-order valence-electron chi connectivity index (χ0n) is 17.3. The molecular weight excluding hydrogens is 388 g/mol. The Labute approximate surface area is 172 Å². The summed E-state index contributed by atoms with van der Waals surface area (Å²) in [6.07, 6.45) is 0.952. The van der Waals surface area contributed by atoms with E-state index >= 15 is 0 Å². The zero-order chi connectivity index (χ0) is 21.6. The normalized spacial score (nSPS) is 12.3. The molecule has 29 heavy (non-hydrogen) atoms. The van der Waals surface area contributed by atoms with Gasteiger partial charge in [0.25, 0.3) is 0 Å². The van der Waals surface area contributed by atoms with Crippen LogP contribution in [0, 0.1) is 13.8 Å². The average molecular weight is 417 g/mol. The lowest BCUT2D eigenvalue weighted by molar-refractivity contribution is -0.115. The number of carbonyl (C=O) groups is 2. The van der Waals surface area contributed by atoms with Crippen LogP contribution in [0.3, 0.4) is 0 Å². The fraction of sp³-hybridized carbons (Fsp3) is 0.364. The van der Waals surface area contributed by atoms with Crippen molar-refractivity contribution in [2.45, 2.75) is 45.8 Å². The van der Waals surface area contributed by atoms with Gasteiger partial charge in [0.05, 0.1) is 0 Å². The van der Waals surface area contributed by atoms with Gasteiger partial charge in [-0.25, -0.2) is 8.42 Å². The first-order valence-electron chi connectivity index (χ1n) is 9.65. The number of nitrogens with one attached hydrogen (secondary N) is 2. The molecule has 2 amide bonds. The summed E-state index contributed by atoms with van der Waals surface area (Å²) in [6.45, 7) is 7.33.